The predicted molar refractivity (Wildman–Crippen MR) is 101 cm³/mol. The second-order valence-electron chi connectivity index (χ2n) is 6.70. The Morgan fingerprint density at radius 3 is 2.54 bits per heavy atom. The summed E-state index contributed by atoms with van der Waals surface area (Å²) in [4.78, 5) is 35.4. The van der Waals surface area contributed by atoms with Gasteiger partial charge in [-0.2, -0.15) is 11.8 Å². The number of rotatable bonds is 8. The molecular weight excluding hydrogens is 356 g/mol. The number of carbonyl (C=O) groups excluding carboxylic acids is 2. The summed E-state index contributed by atoms with van der Waals surface area (Å²) < 4.78 is 5.20. The number of alkyl carbamates (subject to hydrolysis) is 1. The molecule has 144 valence electrons. The fraction of sp³-hybridized carbons (Fsp3) is 0.500. The first-order valence-electron chi connectivity index (χ1n) is 8.21. The van der Waals surface area contributed by atoms with Gasteiger partial charge in [0.05, 0.1) is 5.56 Å². The largest absolute Gasteiger partial charge is 0.478 e. The fourth-order valence-electron chi connectivity index (χ4n) is 2.08. The maximum atomic E-state index is 12.4. The van der Waals surface area contributed by atoms with Crippen LogP contribution in [-0.2, 0) is 16.1 Å². The second kappa shape index (κ2) is 10.1. The molecule has 1 unspecified atom stereocenters. The first-order valence-corrected chi connectivity index (χ1v) is 9.60. The van der Waals surface area contributed by atoms with Crippen molar-refractivity contribution in [2.75, 3.05) is 12.0 Å². The van der Waals surface area contributed by atoms with Gasteiger partial charge in [-0.1, -0.05) is 12.1 Å². The van der Waals surface area contributed by atoms with Gasteiger partial charge in [0.25, 0.3) is 0 Å². The maximum Gasteiger partial charge on any atom is 0.408 e. The van der Waals surface area contributed by atoms with Crippen molar-refractivity contribution in [2.24, 2.45) is 0 Å². The number of hydrogen-bond donors (Lipinski definition) is 3. The number of nitrogens with one attached hydrogen (secondary N) is 2. The van der Waals surface area contributed by atoms with Crippen molar-refractivity contribution in [2.45, 2.75) is 45.4 Å². The second-order valence-corrected chi connectivity index (χ2v) is 7.69. The lowest BCUT2D eigenvalue weighted by molar-refractivity contribution is -0.123. The van der Waals surface area contributed by atoms with Crippen LogP contribution in [0.4, 0.5) is 4.79 Å². The van der Waals surface area contributed by atoms with Crippen LogP contribution in [0.25, 0.3) is 0 Å². The van der Waals surface area contributed by atoms with Crippen molar-refractivity contribution < 1.29 is 24.2 Å². The molecule has 0 fully saturated rings. The Hall–Kier alpha value is -2.22. The molecule has 3 N–H and O–H groups in total. The zero-order valence-electron chi connectivity index (χ0n) is 15.5. The number of amides is 2. The molecular formula is C18H26N2O5S. The summed E-state index contributed by atoms with van der Waals surface area (Å²) >= 11 is 1.57. The van der Waals surface area contributed by atoms with E-state index in [2.05, 4.69) is 10.6 Å². The predicted octanol–water partition coefficient (Wildman–Crippen LogP) is 2.65. The van der Waals surface area contributed by atoms with Crippen LogP contribution in [0.15, 0.2) is 24.3 Å². The lowest BCUT2D eigenvalue weighted by atomic mass is 10.1. The number of carboxylic acid groups (broad SMARTS) is 1. The molecule has 0 saturated heterocycles. The molecule has 2 amide bonds. The lowest BCUT2D eigenvalue weighted by Gasteiger charge is -2.23. The molecule has 1 atom stereocenters. The van der Waals surface area contributed by atoms with E-state index in [1.165, 1.54) is 12.1 Å². The molecule has 0 spiro atoms. The number of benzene rings is 1. The number of aromatic carboxylic acids is 1. The average Bonchev–Trinajstić information content (AvgIpc) is 2.55. The van der Waals surface area contributed by atoms with Gasteiger partial charge in [0.1, 0.15) is 11.6 Å². The standard InChI is InChI=1S/C18H26N2O5S/c1-18(2,3)25-17(24)20-14(8-9-26-4)15(21)19-11-12-6-5-7-13(10-12)16(22)23/h5-7,10,14H,8-9,11H2,1-4H3,(H,19,21)(H,20,24)(H,22,23). The van der Waals surface area contributed by atoms with Gasteiger partial charge in [-0.15, -0.1) is 0 Å². The minimum atomic E-state index is -1.03. The maximum absolute atomic E-state index is 12.4. The summed E-state index contributed by atoms with van der Waals surface area (Å²) in [6.07, 6.45) is 1.73. The molecule has 0 aromatic heterocycles. The van der Waals surface area contributed by atoms with Gasteiger partial charge >= 0.3 is 12.1 Å². The summed E-state index contributed by atoms with van der Waals surface area (Å²) in [7, 11) is 0. The van der Waals surface area contributed by atoms with Crippen LogP contribution in [0.5, 0.6) is 0 Å². The van der Waals surface area contributed by atoms with Crippen LogP contribution in [-0.4, -0.2) is 46.7 Å². The number of carboxylic acids is 1. The van der Waals surface area contributed by atoms with Crippen molar-refractivity contribution in [1.82, 2.24) is 10.6 Å². The van der Waals surface area contributed by atoms with Crippen LogP contribution in [0.3, 0.4) is 0 Å². The Labute approximate surface area is 157 Å². The molecule has 1 aromatic carbocycles. The third-order valence-corrected chi connectivity index (χ3v) is 3.90. The number of thioether (sulfide) groups is 1. The molecule has 1 rings (SSSR count). The summed E-state index contributed by atoms with van der Waals surface area (Å²) in [6.45, 7) is 5.42. The molecule has 0 radical (unpaired) electrons. The Balaban J connectivity index is 2.69. The monoisotopic (exact) mass is 382 g/mol. The van der Waals surface area contributed by atoms with Crippen LogP contribution >= 0.6 is 11.8 Å². The molecule has 0 aliphatic heterocycles. The molecule has 0 aliphatic rings. The molecule has 8 heteroatoms. The smallest absolute Gasteiger partial charge is 0.408 e. The summed E-state index contributed by atoms with van der Waals surface area (Å²) in [5, 5.41) is 14.3. The van der Waals surface area contributed by atoms with Gasteiger partial charge in [0.2, 0.25) is 5.91 Å². The molecule has 26 heavy (non-hydrogen) atoms. The highest BCUT2D eigenvalue weighted by atomic mass is 32.2. The quantitative estimate of drug-likeness (QED) is 0.638. The van der Waals surface area contributed by atoms with Crippen LogP contribution in [0.1, 0.15) is 43.1 Å². The highest BCUT2D eigenvalue weighted by molar-refractivity contribution is 7.98. The fourth-order valence-corrected chi connectivity index (χ4v) is 2.55. The minimum Gasteiger partial charge on any atom is -0.478 e. The van der Waals surface area contributed by atoms with E-state index in [4.69, 9.17) is 9.84 Å². The SMILES string of the molecule is CSCCC(NC(=O)OC(C)(C)C)C(=O)NCc1cccc(C(=O)O)c1. The molecule has 1 aromatic rings. The van der Waals surface area contributed by atoms with Crippen molar-refractivity contribution in [1.29, 1.82) is 0 Å². The summed E-state index contributed by atoms with van der Waals surface area (Å²) in [5.74, 6) is -0.671. The van der Waals surface area contributed by atoms with E-state index in [1.807, 2.05) is 6.26 Å². The number of carbonyl (C=O) groups is 3. The van der Waals surface area contributed by atoms with Gasteiger partial charge < -0.3 is 20.5 Å². The van der Waals surface area contributed by atoms with Crippen LogP contribution < -0.4 is 10.6 Å². The molecule has 0 aliphatic carbocycles. The van der Waals surface area contributed by atoms with Crippen molar-refractivity contribution in [3.8, 4) is 0 Å². The molecule has 0 heterocycles. The first kappa shape index (κ1) is 21.8. The third kappa shape index (κ3) is 8.24. The molecule has 0 bridgehead atoms. The first-order chi connectivity index (χ1) is 12.1. The van der Waals surface area contributed by atoms with E-state index in [1.54, 1.807) is 44.7 Å². The summed E-state index contributed by atoms with van der Waals surface area (Å²) in [5.41, 5.74) is 0.170. The third-order valence-electron chi connectivity index (χ3n) is 3.26. The van der Waals surface area contributed by atoms with Gasteiger partial charge in [-0.3, -0.25) is 4.79 Å². The van der Waals surface area contributed by atoms with E-state index in [0.717, 1.165) is 0 Å². The van der Waals surface area contributed by atoms with Crippen molar-refractivity contribution >= 4 is 29.7 Å². The van der Waals surface area contributed by atoms with Crippen molar-refractivity contribution in [3.05, 3.63) is 35.4 Å². The van der Waals surface area contributed by atoms with Crippen LogP contribution in [0.2, 0.25) is 0 Å². The normalized spacial score (nSPS) is 12.2. The van der Waals surface area contributed by atoms with E-state index >= 15 is 0 Å². The Morgan fingerprint density at radius 1 is 1.27 bits per heavy atom. The number of ether oxygens (including phenoxy) is 1. The highest BCUT2D eigenvalue weighted by Crippen LogP contribution is 2.09. The van der Waals surface area contributed by atoms with Gasteiger partial charge in [0, 0.05) is 6.54 Å². The lowest BCUT2D eigenvalue weighted by Crippen LogP contribution is -2.48. The Bertz CT molecular complexity index is 643. The van der Waals surface area contributed by atoms with Crippen LogP contribution in [0, 0.1) is 0 Å². The van der Waals surface area contributed by atoms with Crippen molar-refractivity contribution in [3.63, 3.8) is 0 Å². The molecule has 7 nitrogen and oxygen atoms in total. The zero-order valence-corrected chi connectivity index (χ0v) is 16.3. The van der Waals surface area contributed by atoms with E-state index in [0.29, 0.717) is 17.7 Å². The topological polar surface area (TPSA) is 105 Å². The minimum absolute atomic E-state index is 0.155. The van der Waals surface area contributed by atoms with E-state index in [9.17, 15) is 14.4 Å². The van der Waals surface area contributed by atoms with E-state index in [-0.39, 0.29) is 18.0 Å². The highest BCUT2D eigenvalue weighted by Gasteiger charge is 2.24. The van der Waals surface area contributed by atoms with E-state index < -0.39 is 23.7 Å². The Morgan fingerprint density at radius 2 is 1.96 bits per heavy atom. The Kier molecular flexibility index (Phi) is 8.44. The zero-order chi connectivity index (χ0) is 19.7. The molecule has 0 saturated carbocycles. The van der Waals surface area contributed by atoms with Gasteiger partial charge in [-0.05, 0) is 56.9 Å². The summed E-state index contributed by atoms with van der Waals surface area (Å²) in [6, 6.07) is 5.61. The van der Waals surface area contributed by atoms with Gasteiger partial charge in [-0.25, -0.2) is 9.59 Å². The average molecular weight is 382 g/mol. The van der Waals surface area contributed by atoms with Gasteiger partial charge in [0.15, 0.2) is 0 Å². The number of hydrogen-bond acceptors (Lipinski definition) is 5.